The first-order chi connectivity index (χ1) is 17.4. The van der Waals surface area contributed by atoms with Gasteiger partial charge in [0.15, 0.2) is 0 Å². The minimum absolute atomic E-state index is 0.0293. The van der Waals surface area contributed by atoms with Crippen LogP contribution >= 0.6 is 0 Å². The molecule has 1 atom stereocenters. The van der Waals surface area contributed by atoms with Crippen LogP contribution < -0.4 is 15.5 Å². The van der Waals surface area contributed by atoms with E-state index in [1.165, 1.54) is 11.0 Å². The first kappa shape index (κ1) is 22.7. The number of halogens is 1. The zero-order chi connectivity index (χ0) is 25.0. The van der Waals surface area contributed by atoms with Gasteiger partial charge in [-0.1, -0.05) is 12.1 Å². The Kier molecular flexibility index (Phi) is 5.48. The Morgan fingerprint density at radius 3 is 2.53 bits per heavy atom. The van der Waals surface area contributed by atoms with Crippen LogP contribution in [-0.2, 0) is 29.2 Å². The van der Waals surface area contributed by atoms with Crippen molar-refractivity contribution in [2.45, 2.75) is 38.5 Å². The third-order valence-electron chi connectivity index (χ3n) is 7.57. The fourth-order valence-electron chi connectivity index (χ4n) is 5.58. The summed E-state index contributed by atoms with van der Waals surface area (Å²) in [7, 11) is 0. The van der Waals surface area contributed by atoms with Gasteiger partial charge in [0.1, 0.15) is 11.9 Å². The number of benzene rings is 2. The van der Waals surface area contributed by atoms with Crippen LogP contribution in [0, 0.1) is 5.82 Å². The molecule has 0 radical (unpaired) electrons. The smallest absolute Gasteiger partial charge is 0.255 e. The first-order valence-electron chi connectivity index (χ1n) is 12.2. The number of nitrogens with zero attached hydrogens (tertiary/aromatic N) is 3. The van der Waals surface area contributed by atoms with Crippen molar-refractivity contribution >= 4 is 29.3 Å². The van der Waals surface area contributed by atoms with E-state index in [1.54, 1.807) is 6.07 Å². The van der Waals surface area contributed by atoms with Crippen molar-refractivity contribution in [1.82, 2.24) is 20.4 Å². The summed E-state index contributed by atoms with van der Waals surface area (Å²) in [5, 5.41) is 5.12. The van der Waals surface area contributed by atoms with Crippen LogP contribution in [0.1, 0.15) is 50.2 Å². The van der Waals surface area contributed by atoms with Crippen LogP contribution in [0.2, 0.25) is 0 Å². The maximum atomic E-state index is 15.1. The lowest BCUT2D eigenvalue weighted by Crippen LogP contribution is -2.52. The van der Waals surface area contributed by atoms with E-state index in [9.17, 15) is 19.2 Å². The minimum Gasteiger partial charge on any atom is -0.367 e. The Morgan fingerprint density at radius 1 is 0.944 bits per heavy atom. The molecular formula is C26H26FN5O4. The predicted octanol–water partition coefficient (Wildman–Crippen LogP) is 1.15. The Labute approximate surface area is 207 Å². The summed E-state index contributed by atoms with van der Waals surface area (Å²) in [5.74, 6) is -1.68. The number of hydrogen-bond acceptors (Lipinski definition) is 6. The first-order valence-corrected chi connectivity index (χ1v) is 12.2. The molecule has 1 unspecified atom stereocenters. The highest BCUT2D eigenvalue weighted by Crippen LogP contribution is 2.33. The van der Waals surface area contributed by atoms with E-state index in [-0.39, 0.29) is 42.7 Å². The summed E-state index contributed by atoms with van der Waals surface area (Å²) in [6.07, 6.45) is 0.454. The number of carbonyl (C=O) groups excluding carboxylic acids is 4. The molecule has 4 aliphatic rings. The van der Waals surface area contributed by atoms with Crippen molar-refractivity contribution in [3.8, 4) is 0 Å². The second-order valence-electron chi connectivity index (χ2n) is 9.80. The van der Waals surface area contributed by atoms with Crippen molar-refractivity contribution in [2.24, 2.45) is 0 Å². The van der Waals surface area contributed by atoms with Crippen molar-refractivity contribution in [3.05, 3.63) is 64.0 Å². The van der Waals surface area contributed by atoms with Crippen LogP contribution in [0.25, 0.3) is 0 Å². The molecule has 2 aromatic carbocycles. The number of nitrogens with one attached hydrogen (secondary N) is 2. The molecule has 6 rings (SSSR count). The Bertz CT molecular complexity index is 1300. The second-order valence-corrected chi connectivity index (χ2v) is 9.80. The van der Waals surface area contributed by atoms with Crippen molar-refractivity contribution in [1.29, 1.82) is 0 Å². The normalized spacial score (nSPS) is 22.0. The maximum Gasteiger partial charge on any atom is 0.255 e. The molecule has 36 heavy (non-hydrogen) atoms. The number of hydrogen-bond donors (Lipinski definition) is 2. The van der Waals surface area contributed by atoms with E-state index < -0.39 is 17.8 Å². The lowest BCUT2D eigenvalue weighted by atomic mass is 10.0. The lowest BCUT2D eigenvalue weighted by Gasteiger charge is -2.36. The van der Waals surface area contributed by atoms with Gasteiger partial charge in [0.05, 0.1) is 5.69 Å². The molecule has 9 nitrogen and oxygen atoms in total. The summed E-state index contributed by atoms with van der Waals surface area (Å²) in [4.78, 5) is 54.3. The van der Waals surface area contributed by atoms with Gasteiger partial charge in [-0.15, -0.1) is 0 Å². The van der Waals surface area contributed by atoms with E-state index in [4.69, 9.17) is 0 Å². The summed E-state index contributed by atoms with van der Waals surface area (Å²) in [6.45, 7) is 4.26. The third-order valence-corrected chi connectivity index (χ3v) is 7.57. The van der Waals surface area contributed by atoms with Gasteiger partial charge in [-0.3, -0.25) is 29.4 Å². The minimum atomic E-state index is -0.719. The molecule has 2 saturated heterocycles. The van der Waals surface area contributed by atoms with Gasteiger partial charge >= 0.3 is 0 Å². The molecule has 4 heterocycles. The van der Waals surface area contributed by atoms with E-state index in [2.05, 4.69) is 21.6 Å². The van der Waals surface area contributed by atoms with Gasteiger partial charge in [-0.05, 0) is 41.3 Å². The van der Waals surface area contributed by atoms with Gasteiger partial charge in [0, 0.05) is 63.4 Å². The second kappa shape index (κ2) is 8.70. The molecule has 2 fully saturated rings. The van der Waals surface area contributed by atoms with Crippen LogP contribution in [0.15, 0.2) is 30.3 Å². The zero-order valence-corrected chi connectivity index (χ0v) is 19.7. The number of amides is 4. The summed E-state index contributed by atoms with van der Waals surface area (Å²) >= 11 is 0. The SMILES string of the molecule is O=C1CCC(N2Cc3cc(N4CCN(Cc5ccc6c(c5)C(=O)NC6)CC4)c(F)cc3C2=O)C(=O)N1. The fraction of sp³-hybridized carbons (Fsp3) is 0.385. The van der Waals surface area contributed by atoms with Gasteiger partial charge in [0.2, 0.25) is 11.8 Å². The standard InChI is InChI=1S/C26H26FN5O4/c27-20-11-19-17(14-32(26(19)36)21-3-4-23(33)29-25(21)35)10-22(20)31-7-5-30(6-8-31)13-15-1-2-16-12-28-24(34)18(16)9-15/h1-2,9-11,21H,3-8,12-14H2,(H,28,34)(H,29,33,35). The quantitative estimate of drug-likeness (QED) is 0.623. The van der Waals surface area contributed by atoms with E-state index >= 15 is 4.39 Å². The summed E-state index contributed by atoms with van der Waals surface area (Å²) in [6, 6.07) is 8.29. The highest BCUT2D eigenvalue weighted by atomic mass is 19.1. The molecule has 10 heteroatoms. The number of anilines is 1. The molecule has 186 valence electrons. The van der Waals surface area contributed by atoms with Crippen molar-refractivity contribution < 1.29 is 23.6 Å². The van der Waals surface area contributed by atoms with Gasteiger partial charge < -0.3 is 15.1 Å². The molecule has 0 aliphatic carbocycles. The number of carbonyl (C=O) groups is 4. The van der Waals surface area contributed by atoms with Crippen molar-refractivity contribution in [2.75, 3.05) is 31.1 Å². The van der Waals surface area contributed by atoms with Crippen LogP contribution in [0.4, 0.5) is 10.1 Å². The number of piperazine rings is 1. The number of fused-ring (bicyclic) bond motifs is 2. The molecule has 0 aromatic heterocycles. The molecule has 4 amide bonds. The Hall–Kier alpha value is -3.79. The topological polar surface area (TPSA) is 102 Å². The summed E-state index contributed by atoms with van der Waals surface area (Å²) in [5.41, 5.74) is 4.28. The third kappa shape index (κ3) is 3.91. The Morgan fingerprint density at radius 2 is 1.75 bits per heavy atom. The highest BCUT2D eigenvalue weighted by molar-refractivity contribution is 6.05. The number of imide groups is 1. The van der Waals surface area contributed by atoms with Crippen LogP contribution in [0.5, 0.6) is 0 Å². The average Bonchev–Trinajstić information content (AvgIpc) is 3.38. The van der Waals surface area contributed by atoms with Gasteiger partial charge in [-0.2, -0.15) is 0 Å². The molecule has 2 N–H and O–H groups in total. The van der Waals surface area contributed by atoms with Crippen molar-refractivity contribution in [3.63, 3.8) is 0 Å². The van der Waals surface area contributed by atoms with Gasteiger partial charge in [0.25, 0.3) is 11.8 Å². The summed E-state index contributed by atoms with van der Waals surface area (Å²) < 4.78 is 15.1. The Balaban J connectivity index is 1.12. The monoisotopic (exact) mass is 491 g/mol. The van der Waals surface area contributed by atoms with Gasteiger partial charge in [-0.25, -0.2) is 4.39 Å². The molecule has 4 aliphatic heterocycles. The van der Waals surface area contributed by atoms with E-state index in [0.29, 0.717) is 30.9 Å². The van der Waals surface area contributed by atoms with Crippen LogP contribution in [-0.4, -0.2) is 65.6 Å². The predicted molar refractivity (Wildman–Crippen MR) is 128 cm³/mol. The van der Waals surface area contributed by atoms with E-state index in [0.717, 1.165) is 36.3 Å². The fourth-order valence-corrected chi connectivity index (χ4v) is 5.58. The lowest BCUT2D eigenvalue weighted by molar-refractivity contribution is -0.136. The van der Waals surface area contributed by atoms with E-state index in [1.807, 2.05) is 17.0 Å². The molecule has 0 bridgehead atoms. The molecule has 0 spiro atoms. The van der Waals surface area contributed by atoms with Crippen LogP contribution in [0.3, 0.4) is 0 Å². The zero-order valence-electron chi connectivity index (χ0n) is 19.7. The number of rotatable bonds is 4. The largest absolute Gasteiger partial charge is 0.367 e. The number of piperidine rings is 1. The average molecular weight is 492 g/mol. The maximum absolute atomic E-state index is 15.1. The molecular weight excluding hydrogens is 465 g/mol. The molecule has 0 saturated carbocycles. The molecule has 2 aromatic rings. The highest BCUT2D eigenvalue weighted by Gasteiger charge is 2.40.